The molecule has 1 aromatic rings. The third-order valence-electron chi connectivity index (χ3n) is 1.81. The van der Waals surface area contributed by atoms with Gasteiger partial charge in [-0.25, -0.2) is 0 Å². The van der Waals surface area contributed by atoms with Crippen LogP contribution in [-0.4, -0.2) is 0 Å². The molecular weight excluding hydrogens is 343 g/mol. The summed E-state index contributed by atoms with van der Waals surface area (Å²) in [4.78, 5) is 1.56. The van der Waals surface area contributed by atoms with Gasteiger partial charge in [0.2, 0.25) is 0 Å². The minimum atomic E-state index is -0.622. The predicted octanol–water partition coefficient (Wildman–Crippen LogP) is 2.89. The van der Waals surface area contributed by atoms with E-state index < -0.39 is 21.5 Å². The first-order valence-corrected chi connectivity index (χ1v) is 11.3. The third kappa shape index (κ3) is 2.96. The van der Waals surface area contributed by atoms with E-state index >= 15 is 0 Å². The quantitative estimate of drug-likeness (QED) is 0.754. The Balaban J connectivity index is 1.87. The first kappa shape index (κ1) is 9.47. The van der Waals surface area contributed by atoms with Crippen molar-refractivity contribution in [3.63, 3.8) is 0 Å². The fraction of sp³-hybridized carbons (Fsp3) is 0.0909. The average Bonchev–Trinajstić information content (AvgIpc) is 2.69. The zero-order valence-electron chi connectivity index (χ0n) is 7.23. The van der Waals surface area contributed by atoms with Gasteiger partial charge in [0.15, 0.2) is 0 Å². The molecule has 0 spiro atoms. The van der Waals surface area contributed by atoms with Gasteiger partial charge in [0, 0.05) is 0 Å². The van der Waals surface area contributed by atoms with Gasteiger partial charge in [-0.05, 0) is 0 Å². The summed E-state index contributed by atoms with van der Waals surface area (Å²) in [7, 11) is 2.13. The van der Waals surface area contributed by atoms with Gasteiger partial charge < -0.3 is 0 Å². The Morgan fingerprint density at radius 3 is 2.69 bits per heavy atom. The maximum atomic E-state index is 2.26. The van der Waals surface area contributed by atoms with Gasteiger partial charge in [-0.2, -0.15) is 0 Å². The molecule has 0 radical (unpaired) electrons. The van der Waals surface area contributed by atoms with Crippen LogP contribution in [0, 0.1) is 0 Å². The first-order chi connectivity index (χ1) is 6.45. The van der Waals surface area contributed by atoms with Crippen LogP contribution in [-0.2, 0) is 21.5 Å². The summed E-state index contributed by atoms with van der Waals surface area (Å²) in [6.45, 7) is 0. The Morgan fingerprint density at radius 2 is 2.00 bits per heavy atom. The molecule has 2 rings (SSSR count). The molecule has 64 valence electrons. The summed E-state index contributed by atoms with van der Waals surface area (Å²) in [5.41, 5.74) is 0. The van der Waals surface area contributed by atoms with Gasteiger partial charge in [-0.1, -0.05) is 0 Å². The number of hydrogen-bond donors (Lipinski definition) is 0. The number of rotatable bonds is 3. The van der Waals surface area contributed by atoms with Crippen LogP contribution in [0.5, 0.6) is 0 Å². The maximum absolute atomic E-state index is 2.26. The number of benzene rings is 1. The molecule has 0 atom stereocenters. The number of hydrogen-bond acceptors (Lipinski definition) is 1. The van der Waals surface area contributed by atoms with Crippen molar-refractivity contribution in [2.75, 3.05) is 0 Å². The van der Waals surface area contributed by atoms with Crippen LogP contribution in [0.15, 0.2) is 53.5 Å². The topological polar surface area (TPSA) is 0 Å². The summed E-state index contributed by atoms with van der Waals surface area (Å²) in [6, 6.07) is 10.9. The molecule has 13 heavy (non-hydrogen) atoms. The fourth-order valence-electron chi connectivity index (χ4n) is 1.13. The normalized spacial score (nSPS) is 14.3. The molecule has 0 nitrogen and oxygen atoms in total. The standard InChI is InChI=1S/C6H5.C5H6S.Hf/c1-2-4-6-5-3-1;6-5-3-1-2-4-5;/h1-5H;1-3,6H,4H2;/q;;+1/p-1. The van der Waals surface area contributed by atoms with Crippen LogP contribution in [0.3, 0.4) is 0 Å². The molecule has 0 saturated heterocycles. The second-order valence-corrected chi connectivity index (χ2v) is 10.2. The summed E-state index contributed by atoms with van der Waals surface area (Å²) < 4.78 is 1.60. The monoisotopic (exact) mass is 354 g/mol. The molecule has 2 heteroatoms. The van der Waals surface area contributed by atoms with E-state index in [0.29, 0.717) is 0 Å². The van der Waals surface area contributed by atoms with E-state index in [1.54, 1.807) is 8.23 Å². The fourth-order valence-corrected chi connectivity index (χ4v) is 8.32. The summed E-state index contributed by atoms with van der Waals surface area (Å²) in [5, 5.41) is 0. The van der Waals surface area contributed by atoms with Crippen LogP contribution in [0.25, 0.3) is 0 Å². The molecule has 0 heterocycles. The van der Waals surface area contributed by atoms with Gasteiger partial charge >= 0.3 is 93.2 Å². The molecular formula is C11H10HfS. The summed E-state index contributed by atoms with van der Waals surface area (Å²) in [5.74, 6) is 0. The Morgan fingerprint density at radius 1 is 1.15 bits per heavy atom. The van der Waals surface area contributed by atoms with Gasteiger partial charge in [0.05, 0.1) is 0 Å². The van der Waals surface area contributed by atoms with Crippen molar-refractivity contribution in [1.82, 2.24) is 0 Å². The van der Waals surface area contributed by atoms with Crippen LogP contribution in [0.4, 0.5) is 0 Å². The molecule has 0 fully saturated rings. The molecule has 0 N–H and O–H groups in total. The van der Waals surface area contributed by atoms with Crippen molar-refractivity contribution in [3.8, 4) is 0 Å². The van der Waals surface area contributed by atoms with Crippen molar-refractivity contribution < 1.29 is 21.5 Å². The van der Waals surface area contributed by atoms with Crippen molar-refractivity contribution in [2.24, 2.45) is 0 Å². The van der Waals surface area contributed by atoms with E-state index in [-0.39, 0.29) is 0 Å². The molecule has 0 aromatic heterocycles. The summed E-state index contributed by atoms with van der Waals surface area (Å²) >= 11 is -0.622. The zero-order valence-corrected chi connectivity index (χ0v) is 11.6. The van der Waals surface area contributed by atoms with Crippen LogP contribution < -0.4 is 3.32 Å². The Hall–Kier alpha value is -0.0799. The first-order valence-electron chi connectivity index (χ1n) is 4.29. The minimum absolute atomic E-state index is 0.622. The predicted molar refractivity (Wildman–Crippen MR) is 55.5 cm³/mol. The molecule has 0 amide bonds. The van der Waals surface area contributed by atoms with Crippen molar-refractivity contribution in [2.45, 2.75) is 6.42 Å². The molecule has 1 aromatic carbocycles. The van der Waals surface area contributed by atoms with Crippen molar-refractivity contribution in [1.29, 1.82) is 0 Å². The van der Waals surface area contributed by atoms with Gasteiger partial charge in [-0.3, -0.25) is 0 Å². The van der Waals surface area contributed by atoms with E-state index in [4.69, 9.17) is 0 Å². The van der Waals surface area contributed by atoms with E-state index in [1.807, 2.05) is 0 Å². The second kappa shape index (κ2) is 4.97. The molecule has 0 aliphatic heterocycles. The molecule has 0 unspecified atom stereocenters. The van der Waals surface area contributed by atoms with Gasteiger partial charge in [0.25, 0.3) is 0 Å². The zero-order chi connectivity index (χ0) is 8.93. The van der Waals surface area contributed by atoms with Crippen molar-refractivity contribution in [3.05, 3.63) is 53.5 Å². The van der Waals surface area contributed by atoms with E-state index in [1.165, 1.54) is 6.42 Å². The van der Waals surface area contributed by atoms with Crippen LogP contribution in [0.2, 0.25) is 0 Å². The Kier molecular flexibility index (Phi) is 3.62. The van der Waals surface area contributed by atoms with Gasteiger partial charge in [0.1, 0.15) is 0 Å². The number of allylic oxidation sites excluding steroid dienone is 4. The van der Waals surface area contributed by atoms with E-state index in [9.17, 15) is 0 Å². The van der Waals surface area contributed by atoms with E-state index in [2.05, 4.69) is 57.1 Å². The molecule has 0 bridgehead atoms. The molecule has 1 aliphatic rings. The Labute approximate surface area is 92.8 Å². The van der Waals surface area contributed by atoms with Crippen LogP contribution >= 0.6 is 8.59 Å². The van der Waals surface area contributed by atoms with Crippen LogP contribution in [0.1, 0.15) is 6.42 Å². The SMILES string of the molecule is C1=CCC([S][Hf][c]2ccccc2)=C1. The molecule has 0 saturated carbocycles. The summed E-state index contributed by atoms with van der Waals surface area (Å²) in [6.07, 6.45) is 7.82. The average molecular weight is 353 g/mol. The molecule has 1 aliphatic carbocycles. The Bertz CT molecular complexity index is 327. The third-order valence-corrected chi connectivity index (χ3v) is 10.4. The van der Waals surface area contributed by atoms with Gasteiger partial charge in [-0.15, -0.1) is 0 Å². The van der Waals surface area contributed by atoms with Crippen molar-refractivity contribution >= 4 is 11.9 Å². The van der Waals surface area contributed by atoms with E-state index in [0.717, 1.165) is 0 Å². The second-order valence-electron chi connectivity index (χ2n) is 2.84.